The molecule has 10 heteroatoms. The van der Waals surface area contributed by atoms with Crippen molar-refractivity contribution in [1.29, 1.82) is 0 Å². The molecule has 0 bridgehead atoms. The topological polar surface area (TPSA) is 119 Å². The van der Waals surface area contributed by atoms with Gasteiger partial charge < -0.3 is 16.4 Å². The lowest BCUT2D eigenvalue weighted by Gasteiger charge is -2.16. The van der Waals surface area contributed by atoms with Crippen LogP contribution in [-0.4, -0.2) is 25.8 Å². The number of halogens is 2. The quantitative estimate of drug-likeness (QED) is 0.367. The Hall–Kier alpha value is -4.11. The monoisotopic (exact) mass is 465 g/mol. The number of nitrogens with zero attached hydrogens (tertiary/aromatic N) is 4. The van der Waals surface area contributed by atoms with Gasteiger partial charge in [0, 0.05) is 29.6 Å². The molecule has 0 fully saturated rings. The molecule has 0 aliphatic heterocycles. The second kappa shape index (κ2) is 10.5. The number of anilines is 3. The first kappa shape index (κ1) is 23.6. The minimum atomic E-state index is -0.500. The number of hydrogen-bond acceptors (Lipinski definition) is 7. The van der Waals surface area contributed by atoms with Crippen LogP contribution in [0.3, 0.4) is 0 Å². The third-order valence-corrected chi connectivity index (χ3v) is 4.73. The summed E-state index contributed by atoms with van der Waals surface area (Å²) in [5.74, 6) is 0.598. The van der Waals surface area contributed by atoms with Crippen LogP contribution in [0.5, 0.6) is 0 Å². The van der Waals surface area contributed by atoms with Gasteiger partial charge in [0.1, 0.15) is 17.5 Å². The third-order valence-electron chi connectivity index (χ3n) is 4.73. The van der Waals surface area contributed by atoms with Gasteiger partial charge in [-0.15, -0.1) is 12.4 Å². The molecule has 2 aromatic heterocycles. The molecule has 0 radical (unpaired) electrons. The van der Waals surface area contributed by atoms with E-state index >= 15 is 0 Å². The van der Waals surface area contributed by atoms with E-state index in [1.807, 2.05) is 6.92 Å². The van der Waals surface area contributed by atoms with Crippen molar-refractivity contribution in [2.45, 2.75) is 13.0 Å². The molecule has 4 aromatic rings. The highest BCUT2D eigenvalue weighted by Crippen LogP contribution is 2.25. The maximum absolute atomic E-state index is 13.3. The zero-order valence-corrected chi connectivity index (χ0v) is 18.4. The van der Waals surface area contributed by atoms with E-state index in [1.54, 1.807) is 61.1 Å². The molecule has 2 aromatic carbocycles. The number of primary amides is 1. The maximum Gasteiger partial charge on any atom is 0.248 e. The summed E-state index contributed by atoms with van der Waals surface area (Å²) in [6, 6.07) is 14.6. The summed E-state index contributed by atoms with van der Waals surface area (Å²) in [4.78, 5) is 28.8. The Bertz CT molecular complexity index is 1220. The van der Waals surface area contributed by atoms with E-state index in [9.17, 15) is 9.18 Å². The molecule has 0 saturated heterocycles. The predicted molar refractivity (Wildman–Crippen MR) is 127 cm³/mol. The second-order valence-electron chi connectivity index (χ2n) is 7.04. The zero-order chi connectivity index (χ0) is 22.5. The molecular formula is C23H21ClFN7O. The van der Waals surface area contributed by atoms with Crippen molar-refractivity contribution in [3.05, 3.63) is 90.1 Å². The first-order chi connectivity index (χ1) is 15.5. The van der Waals surface area contributed by atoms with Crippen LogP contribution in [0.1, 0.15) is 28.9 Å². The van der Waals surface area contributed by atoms with E-state index in [0.717, 1.165) is 11.1 Å². The van der Waals surface area contributed by atoms with Crippen molar-refractivity contribution in [3.63, 3.8) is 0 Å². The van der Waals surface area contributed by atoms with Crippen LogP contribution in [0.25, 0.3) is 11.3 Å². The Balaban J connectivity index is 0.00000306. The summed E-state index contributed by atoms with van der Waals surface area (Å²) in [7, 11) is 0. The fourth-order valence-electron chi connectivity index (χ4n) is 3.05. The van der Waals surface area contributed by atoms with Gasteiger partial charge in [0.05, 0.1) is 17.9 Å². The Morgan fingerprint density at radius 1 is 1.00 bits per heavy atom. The second-order valence-corrected chi connectivity index (χ2v) is 7.04. The molecule has 1 amide bonds. The van der Waals surface area contributed by atoms with Gasteiger partial charge in [-0.1, -0.05) is 24.3 Å². The molecular weight excluding hydrogens is 445 g/mol. The molecule has 4 N–H and O–H groups in total. The SMILES string of the molecule is C[C@H](Nc1nc(Nc2cnccn2)cc(-c2ccc(C(N)=O)cc2)n1)c1ccc(F)cc1.Cl. The van der Waals surface area contributed by atoms with Crippen LogP contribution >= 0.6 is 12.4 Å². The number of carbonyl (C=O) groups is 1. The normalized spacial score (nSPS) is 11.2. The number of aromatic nitrogens is 4. The summed E-state index contributed by atoms with van der Waals surface area (Å²) in [6.07, 6.45) is 4.73. The average Bonchev–Trinajstić information content (AvgIpc) is 2.80. The summed E-state index contributed by atoms with van der Waals surface area (Å²) < 4.78 is 13.3. The van der Waals surface area contributed by atoms with Crippen molar-refractivity contribution >= 4 is 35.9 Å². The van der Waals surface area contributed by atoms with Gasteiger partial charge in [0.25, 0.3) is 0 Å². The molecule has 33 heavy (non-hydrogen) atoms. The number of nitrogens with two attached hydrogens (primary N) is 1. The van der Waals surface area contributed by atoms with E-state index in [0.29, 0.717) is 28.8 Å². The zero-order valence-electron chi connectivity index (χ0n) is 17.6. The van der Waals surface area contributed by atoms with Crippen LogP contribution in [-0.2, 0) is 0 Å². The Kier molecular flexibility index (Phi) is 7.47. The average molecular weight is 466 g/mol. The van der Waals surface area contributed by atoms with Crippen LogP contribution in [0.4, 0.5) is 22.0 Å². The number of hydrogen-bond donors (Lipinski definition) is 3. The predicted octanol–water partition coefficient (Wildman–Crippen LogP) is 4.51. The Labute approximate surface area is 195 Å². The largest absolute Gasteiger partial charge is 0.366 e. The van der Waals surface area contributed by atoms with Gasteiger partial charge in [-0.3, -0.25) is 9.78 Å². The molecule has 0 unspecified atom stereocenters. The molecule has 1 atom stereocenters. The molecule has 0 saturated carbocycles. The number of nitrogens with one attached hydrogen (secondary N) is 2. The van der Waals surface area contributed by atoms with Crippen molar-refractivity contribution in [3.8, 4) is 11.3 Å². The van der Waals surface area contributed by atoms with Crippen LogP contribution in [0, 0.1) is 5.82 Å². The lowest BCUT2D eigenvalue weighted by molar-refractivity contribution is 0.100. The van der Waals surface area contributed by atoms with Gasteiger partial charge in [-0.2, -0.15) is 4.98 Å². The number of benzene rings is 2. The van der Waals surface area contributed by atoms with Gasteiger partial charge in [-0.25, -0.2) is 14.4 Å². The Morgan fingerprint density at radius 3 is 2.36 bits per heavy atom. The molecule has 168 valence electrons. The molecule has 0 aliphatic carbocycles. The van der Waals surface area contributed by atoms with E-state index in [2.05, 4.69) is 30.6 Å². The van der Waals surface area contributed by atoms with Crippen molar-refractivity contribution in [1.82, 2.24) is 19.9 Å². The van der Waals surface area contributed by atoms with Crippen LogP contribution < -0.4 is 16.4 Å². The fourth-order valence-corrected chi connectivity index (χ4v) is 3.05. The number of amides is 1. The highest BCUT2D eigenvalue weighted by atomic mass is 35.5. The molecule has 4 rings (SSSR count). The van der Waals surface area contributed by atoms with Gasteiger partial charge in [0.15, 0.2) is 0 Å². The summed E-state index contributed by atoms with van der Waals surface area (Å²) in [5, 5.41) is 6.36. The third kappa shape index (κ3) is 5.98. The fraction of sp³-hybridized carbons (Fsp3) is 0.0870. The highest BCUT2D eigenvalue weighted by Gasteiger charge is 2.12. The van der Waals surface area contributed by atoms with E-state index in [4.69, 9.17) is 5.73 Å². The van der Waals surface area contributed by atoms with Gasteiger partial charge >= 0.3 is 0 Å². The smallest absolute Gasteiger partial charge is 0.248 e. The maximum atomic E-state index is 13.3. The van der Waals surface area contributed by atoms with Crippen LogP contribution in [0.15, 0.2) is 73.2 Å². The van der Waals surface area contributed by atoms with Crippen molar-refractivity contribution in [2.24, 2.45) is 5.73 Å². The van der Waals surface area contributed by atoms with Crippen molar-refractivity contribution < 1.29 is 9.18 Å². The summed E-state index contributed by atoms with van der Waals surface area (Å²) in [6.45, 7) is 1.93. The lowest BCUT2D eigenvalue weighted by Crippen LogP contribution is -2.11. The number of rotatable bonds is 7. The van der Waals surface area contributed by atoms with Crippen molar-refractivity contribution in [2.75, 3.05) is 10.6 Å². The van der Waals surface area contributed by atoms with E-state index in [1.165, 1.54) is 12.1 Å². The Morgan fingerprint density at radius 2 is 1.73 bits per heavy atom. The highest BCUT2D eigenvalue weighted by molar-refractivity contribution is 5.93. The molecule has 8 nitrogen and oxygen atoms in total. The number of carbonyl (C=O) groups excluding carboxylic acids is 1. The first-order valence-corrected chi connectivity index (χ1v) is 9.82. The van der Waals surface area contributed by atoms with E-state index in [-0.39, 0.29) is 24.3 Å². The molecule has 0 aliphatic rings. The molecule has 2 heterocycles. The first-order valence-electron chi connectivity index (χ1n) is 9.82. The molecule has 0 spiro atoms. The van der Waals surface area contributed by atoms with Crippen LogP contribution in [0.2, 0.25) is 0 Å². The van der Waals surface area contributed by atoms with Gasteiger partial charge in [-0.05, 0) is 36.8 Å². The summed E-state index contributed by atoms with van der Waals surface area (Å²) >= 11 is 0. The lowest BCUT2D eigenvalue weighted by atomic mass is 10.1. The minimum Gasteiger partial charge on any atom is -0.366 e. The minimum absolute atomic E-state index is 0. The van der Waals surface area contributed by atoms with Gasteiger partial charge in [0.2, 0.25) is 11.9 Å². The standard InChI is InChI=1S/C23H20FN7O.ClH/c1-14(15-6-8-18(24)9-7-15)28-23-29-19(16-2-4-17(5-3-16)22(25)32)12-20(31-23)30-21-13-26-10-11-27-21;/h2-14H,1H3,(H2,25,32)(H2,27,28,29,30,31);1H/t14-;/m0./s1. The summed E-state index contributed by atoms with van der Waals surface area (Å²) in [5.41, 5.74) is 8.02. The van der Waals surface area contributed by atoms with E-state index < -0.39 is 5.91 Å².